The van der Waals surface area contributed by atoms with Gasteiger partial charge in [-0.25, -0.2) is 0 Å². The Bertz CT molecular complexity index is 930. The Balaban J connectivity index is 1.48. The van der Waals surface area contributed by atoms with Crippen molar-refractivity contribution in [1.29, 1.82) is 0 Å². The molecule has 2 aromatic carbocycles. The topological polar surface area (TPSA) is 96.5 Å². The largest absolute Gasteiger partial charge is 0.479 e. The van der Waals surface area contributed by atoms with Crippen LogP contribution in [0.3, 0.4) is 0 Å². The first-order chi connectivity index (χ1) is 13.8. The fraction of sp³-hybridized carbons (Fsp3) is 0.250. The smallest absolute Gasteiger partial charge is 0.279 e. The standard InChI is InChI=1S/C20H19Cl2N3O4/c1-11(29-17-9-6-14(21)10-16(17)22)18(26)24-25-20(28)13-4-7-15(8-5-13)23-19(27)12-2-3-12/h4-12H,2-3H2,1H3,(H,23,27)(H,24,26)(H,25,28). The molecule has 7 nitrogen and oxygen atoms in total. The SMILES string of the molecule is CC(Oc1ccc(Cl)cc1Cl)C(=O)NNC(=O)c1ccc(NC(=O)C2CC2)cc1. The van der Waals surface area contributed by atoms with Gasteiger partial charge in [-0.05, 0) is 62.2 Å². The average Bonchev–Trinajstić information content (AvgIpc) is 3.54. The van der Waals surface area contributed by atoms with Crippen LogP contribution in [0.1, 0.15) is 30.1 Å². The van der Waals surface area contributed by atoms with Gasteiger partial charge in [0.1, 0.15) is 5.75 Å². The van der Waals surface area contributed by atoms with E-state index in [-0.39, 0.29) is 16.8 Å². The van der Waals surface area contributed by atoms with Crippen molar-refractivity contribution in [2.24, 2.45) is 5.92 Å². The molecule has 0 aromatic heterocycles. The zero-order chi connectivity index (χ0) is 21.0. The summed E-state index contributed by atoms with van der Waals surface area (Å²) in [5.41, 5.74) is 5.56. The van der Waals surface area contributed by atoms with Crippen LogP contribution in [0.4, 0.5) is 5.69 Å². The van der Waals surface area contributed by atoms with Gasteiger partial charge < -0.3 is 10.1 Å². The molecule has 0 spiro atoms. The van der Waals surface area contributed by atoms with E-state index in [0.29, 0.717) is 22.0 Å². The summed E-state index contributed by atoms with van der Waals surface area (Å²) in [6, 6.07) is 11.0. The molecule has 3 rings (SSSR count). The lowest BCUT2D eigenvalue weighted by Crippen LogP contribution is -2.47. The van der Waals surface area contributed by atoms with E-state index in [9.17, 15) is 14.4 Å². The predicted molar refractivity (Wildman–Crippen MR) is 110 cm³/mol. The van der Waals surface area contributed by atoms with E-state index in [1.54, 1.807) is 36.4 Å². The molecule has 0 aliphatic heterocycles. The van der Waals surface area contributed by atoms with E-state index in [1.165, 1.54) is 13.0 Å². The highest BCUT2D eigenvalue weighted by Gasteiger charge is 2.29. The molecule has 0 heterocycles. The number of hydrogen-bond acceptors (Lipinski definition) is 4. The first-order valence-corrected chi connectivity index (χ1v) is 9.72. The van der Waals surface area contributed by atoms with Crippen LogP contribution in [0.15, 0.2) is 42.5 Å². The summed E-state index contributed by atoms with van der Waals surface area (Å²) in [6.07, 6.45) is 0.922. The third-order valence-corrected chi connectivity index (χ3v) is 4.76. The van der Waals surface area contributed by atoms with Crippen molar-refractivity contribution in [3.8, 4) is 5.75 Å². The maximum Gasteiger partial charge on any atom is 0.279 e. The molecule has 0 bridgehead atoms. The van der Waals surface area contributed by atoms with E-state index in [2.05, 4.69) is 16.2 Å². The van der Waals surface area contributed by atoms with Crippen molar-refractivity contribution >= 4 is 46.6 Å². The van der Waals surface area contributed by atoms with Crippen LogP contribution in [0, 0.1) is 5.92 Å². The zero-order valence-corrected chi connectivity index (χ0v) is 17.0. The summed E-state index contributed by atoms with van der Waals surface area (Å²) < 4.78 is 5.48. The molecular weight excluding hydrogens is 417 g/mol. The van der Waals surface area contributed by atoms with Crippen LogP contribution in [0.2, 0.25) is 10.0 Å². The van der Waals surface area contributed by atoms with Gasteiger partial charge in [-0.15, -0.1) is 0 Å². The maximum atomic E-state index is 12.2. The number of hydrogen-bond donors (Lipinski definition) is 3. The molecule has 1 fully saturated rings. The Morgan fingerprint density at radius 1 is 1.03 bits per heavy atom. The van der Waals surface area contributed by atoms with Gasteiger partial charge in [-0.2, -0.15) is 0 Å². The second-order valence-electron chi connectivity index (χ2n) is 6.62. The van der Waals surface area contributed by atoms with Gasteiger partial charge in [-0.1, -0.05) is 23.2 Å². The van der Waals surface area contributed by atoms with Gasteiger partial charge >= 0.3 is 0 Å². The van der Waals surface area contributed by atoms with Crippen molar-refractivity contribution in [3.05, 3.63) is 58.1 Å². The van der Waals surface area contributed by atoms with Crippen molar-refractivity contribution < 1.29 is 19.1 Å². The van der Waals surface area contributed by atoms with Gasteiger partial charge in [0.05, 0.1) is 5.02 Å². The summed E-state index contributed by atoms with van der Waals surface area (Å²) in [5, 5.41) is 3.51. The van der Waals surface area contributed by atoms with Gasteiger partial charge in [0.2, 0.25) is 5.91 Å². The fourth-order valence-corrected chi connectivity index (χ4v) is 2.85. The Hall–Kier alpha value is -2.77. The number of halogens is 2. The zero-order valence-electron chi connectivity index (χ0n) is 15.5. The second kappa shape index (κ2) is 9.15. The highest BCUT2D eigenvalue weighted by atomic mass is 35.5. The number of benzene rings is 2. The van der Waals surface area contributed by atoms with Crippen LogP contribution in [-0.4, -0.2) is 23.8 Å². The number of anilines is 1. The first kappa shape index (κ1) is 21.0. The Kier molecular flexibility index (Phi) is 6.61. The minimum Gasteiger partial charge on any atom is -0.479 e. The van der Waals surface area contributed by atoms with E-state index in [0.717, 1.165) is 12.8 Å². The van der Waals surface area contributed by atoms with Gasteiger partial charge in [0, 0.05) is 22.2 Å². The highest BCUT2D eigenvalue weighted by molar-refractivity contribution is 6.35. The van der Waals surface area contributed by atoms with Gasteiger partial charge in [0.25, 0.3) is 11.8 Å². The van der Waals surface area contributed by atoms with Gasteiger partial charge in [0.15, 0.2) is 6.10 Å². The molecule has 29 heavy (non-hydrogen) atoms. The van der Waals surface area contributed by atoms with Crippen LogP contribution < -0.4 is 20.9 Å². The molecule has 2 aromatic rings. The van der Waals surface area contributed by atoms with Crippen LogP contribution in [-0.2, 0) is 9.59 Å². The van der Waals surface area contributed by atoms with Crippen molar-refractivity contribution in [3.63, 3.8) is 0 Å². The highest BCUT2D eigenvalue weighted by Crippen LogP contribution is 2.30. The lowest BCUT2D eigenvalue weighted by atomic mass is 10.2. The molecule has 3 N–H and O–H groups in total. The third-order valence-electron chi connectivity index (χ3n) is 4.23. The fourth-order valence-electron chi connectivity index (χ4n) is 2.40. The Labute approximate surface area is 177 Å². The minimum atomic E-state index is -0.908. The maximum absolute atomic E-state index is 12.2. The lowest BCUT2D eigenvalue weighted by molar-refractivity contribution is -0.128. The second-order valence-corrected chi connectivity index (χ2v) is 7.46. The van der Waals surface area contributed by atoms with E-state index in [1.807, 2.05) is 0 Å². The van der Waals surface area contributed by atoms with Crippen molar-refractivity contribution in [2.45, 2.75) is 25.9 Å². The monoisotopic (exact) mass is 435 g/mol. The summed E-state index contributed by atoms with van der Waals surface area (Å²) in [5.74, 6) is -0.675. The summed E-state index contributed by atoms with van der Waals surface area (Å²) >= 11 is 11.8. The normalized spacial score (nSPS) is 13.9. The Morgan fingerprint density at radius 2 is 1.72 bits per heavy atom. The lowest BCUT2D eigenvalue weighted by Gasteiger charge is -2.16. The summed E-state index contributed by atoms with van der Waals surface area (Å²) in [6.45, 7) is 1.52. The first-order valence-electron chi connectivity index (χ1n) is 8.96. The molecule has 0 radical (unpaired) electrons. The Morgan fingerprint density at radius 3 is 2.34 bits per heavy atom. The van der Waals surface area contributed by atoms with Crippen LogP contribution in [0.5, 0.6) is 5.75 Å². The van der Waals surface area contributed by atoms with Crippen LogP contribution in [0.25, 0.3) is 0 Å². The molecule has 152 valence electrons. The number of carbonyl (C=O) groups excluding carboxylic acids is 3. The predicted octanol–water partition coefficient (Wildman–Crippen LogP) is 3.57. The molecule has 3 amide bonds. The number of hydrazine groups is 1. The minimum absolute atomic E-state index is 0.00996. The number of ether oxygens (including phenoxy) is 1. The van der Waals surface area contributed by atoms with Crippen molar-refractivity contribution in [1.82, 2.24) is 10.9 Å². The molecule has 0 saturated heterocycles. The van der Waals surface area contributed by atoms with E-state index < -0.39 is 17.9 Å². The molecule has 1 unspecified atom stereocenters. The molecule has 1 aliphatic carbocycles. The van der Waals surface area contributed by atoms with E-state index in [4.69, 9.17) is 27.9 Å². The molecular formula is C20H19Cl2N3O4. The van der Waals surface area contributed by atoms with Gasteiger partial charge in [-0.3, -0.25) is 25.2 Å². The summed E-state index contributed by atoms with van der Waals surface area (Å²) in [4.78, 5) is 36.1. The molecule has 1 atom stereocenters. The average molecular weight is 436 g/mol. The van der Waals surface area contributed by atoms with Crippen molar-refractivity contribution in [2.75, 3.05) is 5.32 Å². The quantitative estimate of drug-likeness (QED) is 0.604. The van der Waals surface area contributed by atoms with E-state index >= 15 is 0 Å². The third kappa shape index (κ3) is 5.85. The molecule has 1 saturated carbocycles. The number of rotatable bonds is 6. The molecule has 9 heteroatoms. The number of amides is 3. The number of carbonyl (C=O) groups is 3. The van der Waals surface area contributed by atoms with Crippen LogP contribution >= 0.6 is 23.2 Å². The summed E-state index contributed by atoms with van der Waals surface area (Å²) in [7, 11) is 0. The number of nitrogens with one attached hydrogen (secondary N) is 3. The molecule has 1 aliphatic rings.